The maximum Gasteiger partial charge on any atom is 0.259 e. The molecule has 2 heterocycles. The molecule has 1 aromatic heterocycles. The van der Waals surface area contributed by atoms with E-state index in [0.29, 0.717) is 50.0 Å². The molecule has 138 valence electrons. The molecule has 1 amide bonds. The summed E-state index contributed by atoms with van der Waals surface area (Å²) in [5.74, 6) is 2.24. The fraction of sp³-hybridized carbons (Fsp3) is 0.550. The fourth-order valence-corrected chi connectivity index (χ4v) is 3.78. The Morgan fingerprint density at radius 1 is 1.31 bits per heavy atom. The summed E-state index contributed by atoms with van der Waals surface area (Å²) in [5, 5.41) is 4.14. The van der Waals surface area contributed by atoms with Crippen molar-refractivity contribution in [3.8, 4) is 0 Å². The van der Waals surface area contributed by atoms with E-state index in [-0.39, 0.29) is 11.8 Å². The Balaban J connectivity index is 1.43. The van der Waals surface area contributed by atoms with Crippen molar-refractivity contribution >= 4 is 5.91 Å². The summed E-state index contributed by atoms with van der Waals surface area (Å²) in [5.41, 5.74) is 0.554. The number of hydrogen-bond donors (Lipinski definition) is 0. The number of benzene rings is 1. The molecule has 0 bridgehead atoms. The van der Waals surface area contributed by atoms with Gasteiger partial charge in [0.05, 0.1) is 0 Å². The zero-order chi connectivity index (χ0) is 18.1. The zero-order valence-corrected chi connectivity index (χ0v) is 15.4. The second kappa shape index (κ2) is 6.83. The maximum absolute atomic E-state index is 12.4. The van der Waals surface area contributed by atoms with Gasteiger partial charge in [0.15, 0.2) is 5.82 Å². The Bertz CT molecular complexity index is 766. The highest BCUT2D eigenvalue weighted by Gasteiger charge is 2.46. The van der Waals surface area contributed by atoms with Gasteiger partial charge in [-0.1, -0.05) is 42.4 Å². The Hall–Kier alpha value is -2.21. The molecule has 1 saturated heterocycles. The number of likely N-dealkylation sites (tertiary alicyclic amines) is 1. The highest BCUT2D eigenvalue weighted by atomic mass is 16.5. The molecular formula is C20H25N3O3. The molecule has 6 nitrogen and oxygen atoms in total. The van der Waals surface area contributed by atoms with E-state index in [4.69, 9.17) is 9.26 Å². The SMILES string of the molecule is COC1(c2nc(Cc3ccccc3)no2)CCN(C(=O)[C@@H]2C[C@@H]2C)CC1. The molecule has 26 heavy (non-hydrogen) atoms. The van der Waals surface area contributed by atoms with Gasteiger partial charge in [-0.25, -0.2) is 0 Å². The van der Waals surface area contributed by atoms with Gasteiger partial charge in [0.1, 0.15) is 5.60 Å². The Morgan fingerprint density at radius 2 is 2.00 bits per heavy atom. The van der Waals surface area contributed by atoms with Crippen LogP contribution in [0, 0.1) is 11.8 Å². The van der Waals surface area contributed by atoms with Gasteiger partial charge < -0.3 is 14.2 Å². The van der Waals surface area contributed by atoms with Gasteiger partial charge >= 0.3 is 0 Å². The lowest BCUT2D eigenvalue weighted by molar-refractivity contribution is -0.140. The minimum atomic E-state index is -0.589. The van der Waals surface area contributed by atoms with Crippen molar-refractivity contribution in [1.82, 2.24) is 15.0 Å². The van der Waals surface area contributed by atoms with Crippen molar-refractivity contribution < 1.29 is 14.1 Å². The topological polar surface area (TPSA) is 68.5 Å². The van der Waals surface area contributed by atoms with Gasteiger partial charge in [0, 0.05) is 45.4 Å². The third-order valence-corrected chi connectivity index (χ3v) is 5.76. The minimum Gasteiger partial charge on any atom is -0.368 e. The Morgan fingerprint density at radius 3 is 2.62 bits per heavy atom. The van der Waals surface area contributed by atoms with Crippen molar-refractivity contribution in [3.05, 3.63) is 47.6 Å². The highest BCUT2D eigenvalue weighted by Crippen LogP contribution is 2.41. The summed E-state index contributed by atoms with van der Waals surface area (Å²) in [6.07, 6.45) is 3.03. The van der Waals surface area contributed by atoms with E-state index in [1.807, 2.05) is 35.2 Å². The quantitative estimate of drug-likeness (QED) is 0.825. The van der Waals surface area contributed by atoms with Gasteiger partial charge in [-0.3, -0.25) is 4.79 Å². The lowest BCUT2D eigenvalue weighted by atomic mass is 9.90. The van der Waals surface area contributed by atoms with Crippen LogP contribution in [-0.2, 0) is 21.6 Å². The third kappa shape index (κ3) is 3.26. The number of carbonyl (C=O) groups excluding carboxylic acids is 1. The molecule has 0 radical (unpaired) electrons. The van der Waals surface area contributed by atoms with Gasteiger partial charge in [-0.15, -0.1) is 0 Å². The van der Waals surface area contributed by atoms with Crippen molar-refractivity contribution in [2.45, 2.75) is 38.2 Å². The monoisotopic (exact) mass is 355 g/mol. The standard InChI is InChI=1S/C20H25N3O3/c1-14-12-16(14)18(24)23-10-8-20(25-2,9-11-23)19-21-17(22-26-19)13-15-6-4-3-5-7-15/h3-7,14,16H,8-13H2,1-2H3/t14-,16+/m0/s1. The average molecular weight is 355 g/mol. The number of piperidine rings is 1. The molecule has 6 heteroatoms. The molecule has 0 unspecified atom stereocenters. The van der Waals surface area contributed by atoms with Gasteiger partial charge in [-0.2, -0.15) is 4.98 Å². The molecule has 2 aliphatic rings. The average Bonchev–Trinajstić information content (AvgIpc) is 3.22. The molecule has 0 N–H and O–H groups in total. The van der Waals surface area contributed by atoms with Crippen molar-refractivity contribution in [2.75, 3.05) is 20.2 Å². The lowest BCUT2D eigenvalue weighted by Crippen LogP contribution is -2.47. The highest BCUT2D eigenvalue weighted by molar-refractivity contribution is 5.81. The predicted octanol–water partition coefficient (Wildman–Crippen LogP) is 2.78. The summed E-state index contributed by atoms with van der Waals surface area (Å²) in [6, 6.07) is 10.1. The number of amides is 1. The minimum absolute atomic E-state index is 0.228. The first-order valence-electron chi connectivity index (χ1n) is 9.32. The molecule has 1 aromatic carbocycles. The van der Waals surface area contributed by atoms with Crippen molar-refractivity contribution in [1.29, 1.82) is 0 Å². The van der Waals surface area contributed by atoms with Crippen LogP contribution in [-0.4, -0.2) is 41.1 Å². The number of hydrogen-bond acceptors (Lipinski definition) is 5. The van der Waals surface area contributed by atoms with Crippen LogP contribution >= 0.6 is 0 Å². The van der Waals surface area contributed by atoms with Crippen molar-refractivity contribution in [3.63, 3.8) is 0 Å². The molecule has 2 aromatic rings. The first kappa shape index (κ1) is 17.2. The zero-order valence-electron chi connectivity index (χ0n) is 15.4. The van der Waals surface area contributed by atoms with Gasteiger partial charge in [0.25, 0.3) is 5.89 Å². The number of carbonyl (C=O) groups is 1. The van der Waals surface area contributed by atoms with Crippen LogP contribution in [0.3, 0.4) is 0 Å². The molecule has 1 saturated carbocycles. The van der Waals surface area contributed by atoms with Crippen LogP contribution in [0.4, 0.5) is 0 Å². The van der Waals surface area contributed by atoms with Crippen LogP contribution in [0.5, 0.6) is 0 Å². The van der Waals surface area contributed by atoms with Gasteiger partial charge in [0.2, 0.25) is 5.91 Å². The van der Waals surface area contributed by atoms with Gasteiger partial charge in [-0.05, 0) is 17.9 Å². The summed E-state index contributed by atoms with van der Waals surface area (Å²) >= 11 is 0. The van der Waals surface area contributed by atoms with E-state index in [9.17, 15) is 4.79 Å². The third-order valence-electron chi connectivity index (χ3n) is 5.76. The largest absolute Gasteiger partial charge is 0.368 e. The number of aromatic nitrogens is 2. The van der Waals surface area contributed by atoms with E-state index in [2.05, 4.69) is 17.1 Å². The summed E-state index contributed by atoms with van der Waals surface area (Å²) < 4.78 is 11.4. The molecule has 2 fully saturated rings. The van der Waals surface area contributed by atoms with E-state index < -0.39 is 5.60 Å². The smallest absolute Gasteiger partial charge is 0.259 e. The van der Waals surface area contributed by atoms with Crippen LogP contribution < -0.4 is 0 Å². The Kier molecular flexibility index (Phi) is 4.53. The lowest BCUT2D eigenvalue weighted by Gasteiger charge is -2.38. The first-order chi connectivity index (χ1) is 12.6. The Labute approximate surface area is 153 Å². The summed E-state index contributed by atoms with van der Waals surface area (Å²) in [4.78, 5) is 19.0. The van der Waals surface area contributed by atoms with Crippen LogP contribution in [0.2, 0.25) is 0 Å². The predicted molar refractivity (Wildman–Crippen MR) is 95.3 cm³/mol. The second-order valence-electron chi connectivity index (χ2n) is 7.52. The van der Waals surface area contributed by atoms with Crippen LogP contribution in [0.15, 0.2) is 34.9 Å². The normalized spacial score (nSPS) is 24.5. The fourth-order valence-electron chi connectivity index (χ4n) is 3.78. The van der Waals surface area contributed by atoms with Crippen LogP contribution in [0.25, 0.3) is 0 Å². The summed E-state index contributed by atoms with van der Waals surface area (Å²) in [7, 11) is 1.68. The molecule has 1 aliphatic heterocycles. The van der Waals surface area contributed by atoms with Crippen LogP contribution in [0.1, 0.15) is 43.5 Å². The number of ether oxygens (including phenoxy) is 1. The molecule has 4 rings (SSSR count). The molecule has 2 atom stereocenters. The second-order valence-corrected chi connectivity index (χ2v) is 7.52. The van der Waals surface area contributed by atoms with E-state index in [1.54, 1.807) is 7.11 Å². The number of methoxy groups -OCH3 is 1. The molecular weight excluding hydrogens is 330 g/mol. The summed E-state index contributed by atoms with van der Waals surface area (Å²) in [6.45, 7) is 3.48. The molecule has 1 aliphatic carbocycles. The van der Waals surface area contributed by atoms with E-state index in [0.717, 1.165) is 12.0 Å². The van der Waals surface area contributed by atoms with Crippen molar-refractivity contribution in [2.24, 2.45) is 11.8 Å². The number of rotatable bonds is 5. The van der Waals surface area contributed by atoms with E-state index >= 15 is 0 Å². The maximum atomic E-state index is 12.4. The van der Waals surface area contributed by atoms with E-state index in [1.165, 1.54) is 0 Å². The first-order valence-corrected chi connectivity index (χ1v) is 9.32. The molecule has 0 spiro atoms. The number of nitrogens with zero attached hydrogens (tertiary/aromatic N) is 3.